The number of fused-ring (bicyclic) bond motifs is 1. The van der Waals surface area contributed by atoms with Gasteiger partial charge in [0.1, 0.15) is 17.3 Å². The number of rotatable bonds is 11. The molecule has 0 fully saturated rings. The number of nitrogens with zero attached hydrogens (tertiary/aromatic N) is 4. The van der Waals surface area contributed by atoms with Gasteiger partial charge in [-0.15, -0.1) is 0 Å². The van der Waals surface area contributed by atoms with Gasteiger partial charge in [0.15, 0.2) is 5.52 Å². The number of unbranched alkanes of at least 4 members (excludes halogenated alkanes) is 1. The Morgan fingerprint density at radius 1 is 1.06 bits per heavy atom. The lowest BCUT2D eigenvalue weighted by Crippen LogP contribution is -2.40. The van der Waals surface area contributed by atoms with Gasteiger partial charge in [-0.1, -0.05) is 24.3 Å². The second-order valence-corrected chi connectivity index (χ2v) is 7.93. The molecule has 0 aliphatic carbocycles. The predicted octanol–water partition coefficient (Wildman–Crippen LogP) is 1.23. The van der Waals surface area contributed by atoms with E-state index >= 15 is 0 Å². The summed E-state index contributed by atoms with van der Waals surface area (Å²) in [4.78, 5) is 42.5. The molecule has 0 saturated carbocycles. The van der Waals surface area contributed by atoms with Crippen molar-refractivity contribution in [2.24, 2.45) is 12.8 Å². The number of aromatic nitrogens is 4. The molecule has 11 heteroatoms. The fraction of sp³-hybridized carbons (Fsp3) is 0.435. The van der Waals surface area contributed by atoms with Crippen LogP contribution in [-0.4, -0.2) is 51.3 Å². The highest BCUT2D eigenvalue weighted by Gasteiger charge is 2.20. The molecule has 1 aromatic carbocycles. The third kappa shape index (κ3) is 5.09. The second-order valence-electron chi connectivity index (χ2n) is 7.93. The maximum Gasteiger partial charge on any atom is 0.332 e. The minimum absolute atomic E-state index is 0.0429. The van der Waals surface area contributed by atoms with E-state index in [9.17, 15) is 14.4 Å². The Morgan fingerprint density at radius 2 is 1.74 bits per heavy atom. The number of hydrogen-bond acceptors (Lipinski definition) is 7. The first kappa shape index (κ1) is 24.9. The van der Waals surface area contributed by atoms with E-state index in [1.54, 1.807) is 47.6 Å². The average Bonchev–Trinajstić information content (AvgIpc) is 3.17. The number of esters is 1. The maximum absolute atomic E-state index is 13.3. The molecular formula is C23H30N6O5. The van der Waals surface area contributed by atoms with Crippen LogP contribution in [0.4, 0.5) is 0 Å². The number of nitrogens with two attached hydrogens (primary N) is 1. The van der Waals surface area contributed by atoms with Crippen molar-refractivity contribution in [2.45, 2.75) is 38.8 Å². The van der Waals surface area contributed by atoms with Crippen molar-refractivity contribution in [1.29, 1.82) is 5.41 Å². The largest absolute Gasteiger partial charge is 0.469 e. The fourth-order valence-corrected chi connectivity index (χ4v) is 3.86. The van der Waals surface area contributed by atoms with E-state index in [0.29, 0.717) is 49.4 Å². The summed E-state index contributed by atoms with van der Waals surface area (Å²) in [6, 6.07) is 6.97. The summed E-state index contributed by atoms with van der Waals surface area (Å²) in [5.41, 5.74) is 6.58. The number of benzene rings is 1. The molecule has 11 nitrogen and oxygen atoms in total. The summed E-state index contributed by atoms with van der Waals surface area (Å²) in [6.07, 6.45) is 1.77. The monoisotopic (exact) mass is 470 g/mol. The minimum atomic E-state index is -0.469. The normalized spacial score (nSPS) is 11.1. The van der Waals surface area contributed by atoms with Gasteiger partial charge in [-0.2, -0.15) is 0 Å². The molecule has 2 aromatic heterocycles. The topological polar surface area (TPSA) is 147 Å². The van der Waals surface area contributed by atoms with Gasteiger partial charge in [-0.05, 0) is 19.3 Å². The average molecular weight is 471 g/mol. The van der Waals surface area contributed by atoms with E-state index in [-0.39, 0.29) is 30.3 Å². The molecule has 0 amide bonds. The summed E-state index contributed by atoms with van der Waals surface area (Å²) in [5.74, 6) is 0.147. The number of aryl methyl sites for hydroxylation is 2. The van der Waals surface area contributed by atoms with Crippen LogP contribution >= 0.6 is 0 Å². The van der Waals surface area contributed by atoms with Crippen molar-refractivity contribution in [3.05, 3.63) is 50.7 Å². The number of amidine groups is 1. The Hall–Kier alpha value is -3.73. The fourth-order valence-electron chi connectivity index (χ4n) is 3.86. The number of ether oxygens (including phenoxy) is 2. The third-order valence-corrected chi connectivity index (χ3v) is 5.65. The van der Waals surface area contributed by atoms with Crippen LogP contribution in [0.1, 0.15) is 31.2 Å². The first-order valence-electron chi connectivity index (χ1n) is 11.0. The Balaban J connectivity index is 2.08. The highest BCUT2D eigenvalue weighted by molar-refractivity contribution is 5.95. The third-order valence-electron chi connectivity index (χ3n) is 5.65. The van der Waals surface area contributed by atoms with Gasteiger partial charge in [0, 0.05) is 51.4 Å². The van der Waals surface area contributed by atoms with Crippen molar-refractivity contribution >= 4 is 23.0 Å². The zero-order chi connectivity index (χ0) is 24.8. The van der Waals surface area contributed by atoms with Crippen molar-refractivity contribution in [3.8, 4) is 11.4 Å². The minimum Gasteiger partial charge on any atom is -0.469 e. The Bertz CT molecular complexity index is 1300. The van der Waals surface area contributed by atoms with Crippen molar-refractivity contribution in [3.63, 3.8) is 0 Å². The van der Waals surface area contributed by atoms with Crippen LogP contribution in [0.5, 0.6) is 0 Å². The lowest BCUT2D eigenvalue weighted by molar-refractivity contribution is -0.140. The van der Waals surface area contributed by atoms with Gasteiger partial charge in [0.05, 0.1) is 7.11 Å². The van der Waals surface area contributed by atoms with E-state index in [4.69, 9.17) is 15.9 Å². The molecule has 0 spiro atoms. The lowest BCUT2D eigenvalue weighted by atomic mass is 10.1. The number of nitrogen functional groups attached to an aromatic ring is 1. The molecule has 34 heavy (non-hydrogen) atoms. The zero-order valence-electron chi connectivity index (χ0n) is 19.7. The zero-order valence-corrected chi connectivity index (χ0v) is 19.7. The molecule has 2 heterocycles. The molecule has 0 bridgehead atoms. The number of methoxy groups -OCH3 is 2. The maximum atomic E-state index is 13.3. The second kappa shape index (κ2) is 10.9. The molecule has 0 aliphatic heterocycles. The highest BCUT2D eigenvalue weighted by atomic mass is 16.5. The van der Waals surface area contributed by atoms with E-state index < -0.39 is 11.2 Å². The number of carbonyl (C=O) groups is 1. The van der Waals surface area contributed by atoms with Crippen LogP contribution in [-0.2, 0) is 34.4 Å². The molecule has 0 atom stereocenters. The molecule has 3 aromatic rings. The van der Waals surface area contributed by atoms with Crippen molar-refractivity contribution < 1.29 is 14.3 Å². The molecule has 182 valence electrons. The van der Waals surface area contributed by atoms with Gasteiger partial charge in [0.2, 0.25) is 0 Å². The van der Waals surface area contributed by atoms with Crippen LogP contribution in [0.3, 0.4) is 0 Å². The van der Waals surface area contributed by atoms with Gasteiger partial charge in [-0.25, -0.2) is 9.78 Å². The highest BCUT2D eigenvalue weighted by Crippen LogP contribution is 2.22. The molecule has 0 aliphatic rings. The summed E-state index contributed by atoms with van der Waals surface area (Å²) in [6.45, 7) is 0.991. The number of nitrogens with one attached hydrogen (secondary N) is 1. The van der Waals surface area contributed by atoms with Gasteiger partial charge >= 0.3 is 11.7 Å². The molecule has 3 rings (SSSR count). The first-order chi connectivity index (χ1) is 16.3. The van der Waals surface area contributed by atoms with E-state index in [1.807, 2.05) is 0 Å². The van der Waals surface area contributed by atoms with Crippen LogP contribution < -0.4 is 17.0 Å². The first-order valence-corrected chi connectivity index (χ1v) is 11.0. The summed E-state index contributed by atoms with van der Waals surface area (Å²) < 4.78 is 14.2. The SMILES string of the molecule is COCCCn1c(=O)n(CCCCC(=O)OC)c(=O)c2nc(-c3ccc(C(=N)N)cc3)n(C)c21. The summed E-state index contributed by atoms with van der Waals surface area (Å²) in [7, 11) is 4.68. The molecule has 0 saturated heterocycles. The Labute approximate surface area is 196 Å². The van der Waals surface area contributed by atoms with Crippen molar-refractivity contribution in [2.75, 3.05) is 20.8 Å². The number of hydrogen-bond donors (Lipinski definition) is 2. The molecule has 0 unspecified atom stereocenters. The van der Waals surface area contributed by atoms with Gasteiger partial charge in [0.25, 0.3) is 5.56 Å². The standard InChI is InChI=1S/C23H30N6O5/c1-27-20(16-10-8-15(9-11-16)19(24)25)26-18-21(27)28(13-6-14-33-2)23(32)29(22(18)31)12-5-4-7-17(30)34-3/h8-11H,4-7,12-14H2,1-3H3,(H3,24,25). The Kier molecular flexibility index (Phi) is 8.00. The smallest absolute Gasteiger partial charge is 0.332 e. The lowest BCUT2D eigenvalue weighted by Gasteiger charge is -2.13. The summed E-state index contributed by atoms with van der Waals surface area (Å²) in [5, 5.41) is 7.57. The van der Waals surface area contributed by atoms with Crippen LogP contribution in [0.15, 0.2) is 33.9 Å². The van der Waals surface area contributed by atoms with E-state index in [0.717, 1.165) is 5.56 Å². The van der Waals surface area contributed by atoms with Crippen LogP contribution in [0, 0.1) is 5.41 Å². The summed E-state index contributed by atoms with van der Waals surface area (Å²) >= 11 is 0. The van der Waals surface area contributed by atoms with E-state index in [2.05, 4.69) is 9.72 Å². The van der Waals surface area contributed by atoms with E-state index in [1.165, 1.54) is 11.7 Å². The number of carbonyl (C=O) groups excluding carboxylic acids is 1. The van der Waals surface area contributed by atoms with Gasteiger partial charge < -0.3 is 19.8 Å². The molecular weight excluding hydrogens is 440 g/mol. The molecule has 3 N–H and O–H groups in total. The van der Waals surface area contributed by atoms with Gasteiger partial charge in [-0.3, -0.25) is 24.1 Å². The number of imidazole rings is 1. The Morgan fingerprint density at radius 3 is 2.35 bits per heavy atom. The van der Waals surface area contributed by atoms with Crippen LogP contribution in [0.25, 0.3) is 22.6 Å². The quantitative estimate of drug-likeness (QED) is 0.185. The van der Waals surface area contributed by atoms with Crippen molar-refractivity contribution in [1.82, 2.24) is 18.7 Å². The molecule has 0 radical (unpaired) electrons. The van der Waals surface area contributed by atoms with Crippen LogP contribution in [0.2, 0.25) is 0 Å². The predicted molar refractivity (Wildman–Crippen MR) is 128 cm³/mol.